The number of hydrogen-bond donors (Lipinski definition) is 1. The van der Waals surface area contributed by atoms with Gasteiger partial charge in [-0.25, -0.2) is 8.42 Å². The van der Waals surface area contributed by atoms with Gasteiger partial charge in [-0.05, 0) is 42.7 Å². The fourth-order valence-corrected chi connectivity index (χ4v) is 5.11. The molecule has 0 aromatic heterocycles. The predicted molar refractivity (Wildman–Crippen MR) is 120 cm³/mol. The van der Waals surface area contributed by atoms with Gasteiger partial charge in [0.2, 0.25) is 15.9 Å². The third-order valence-electron chi connectivity index (χ3n) is 5.17. The van der Waals surface area contributed by atoms with Crippen molar-refractivity contribution in [3.8, 4) is 11.5 Å². The molecule has 1 fully saturated rings. The molecule has 0 aliphatic carbocycles. The largest absolute Gasteiger partial charge is 0.493 e. The van der Waals surface area contributed by atoms with Crippen molar-refractivity contribution in [2.45, 2.75) is 37.3 Å². The Morgan fingerprint density at radius 3 is 2.58 bits per heavy atom. The fourth-order valence-electron chi connectivity index (χ4n) is 3.52. The lowest BCUT2D eigenvalue weighted by molar-refractivity contribution is -0.116. The first-order valence-electron chi connectivity index (χ1n) is 10.5. The van der Waals surface area contributed by atoms with Crippen molar-refractivity contribution in [1.82, 2.24) is 9.62 Å². The standard InChI is InChI=1S/C23H26F2N2O5S/c1-31-20-10-6-8-18(22(20)32-23(24)25)11-12-21(28)26-16-17-7-5-9-19(15-17)33(29,30)27-13-3-2-4-14-27/h5-12,15,23H,2-4,13-14,16H2,1H3,(H,26,28)/b12-11+. The van der Waals surface area contributed by atoms with E-state index in [1.54, 1.807) is 30.3 Å². The third-order valence-corrected chi connectivity index (χ3v) is 7.06. The Kier molecular flexibility index (Phi) is 8.40. The number of rotatable bonds is 9. The van der Waals surface area contributed by atoms with E-state index in [2.05, 4.69) is 10.1 Å². The van der Waals surface area contributed by atoms with E-state index in [4.69, 9.17) is 4.74 Å². The van der Waals surface area contributed by atoms with Crippen molar-refractivity contribution in [2.24, 2.45) is 0 Å². The quantitative estimate of drug-likeness (QED) is 0.552. The second-order valence-corrected chi connectivity index (χ2v) is 9.36. The molecule has 1 amide bonds. The summed E-state index contributed by atoms with van der Waals surface area (Å²) in [6, 6.07) is 11.0. The molecule has 1 N–H and O–H groups in total. The first-order valence-corrected chi connectivity index (χ1v) is 11.9. The number of amides is 1. The summed E-state index contributed by atoms with van der Waals surface area (Å²) in [5, 5.41) is 2.66. The van der Waals surface area contributed by atoms with Crippen molar-refractivity contribution >= 4 is 22.0 Å². The molecule has 7 nitrogen and oxygen atoms in total. The highest BCUT2D eigenvalue weighted by Gasteiger charge is 2.25. The van der Waals surface area contributed by atoms with Gasteiger partial charge in [0.15, 0.2) is 11.5 Å². The molecule has 1 heterocycles. The Balaban J connectivity index is 1.66. The van der Waals surface area contributed by atoms with Crippen LogP contribution in [0.5, 0.6) is 11.5 Å². The van der Waals surface area contributed by atoms with Gasteiger partial charge in [-0.2, -0.15) is 13.1 Å². The molecule has 0 saturated carbocycles. The summed E-state index contributed by atoms with van der Waals surface area (Å²) in [6.07, 6.45) is 5.24. The smallest absolute Gasteiger partial charge is 0.387 e. The minimum Gasteiger partial charge on any atom is -0.493 e. The minimum atomic E-state index is -3.57. The van der Waals surface area contributed by atoms with Crippen molar-refractivity contribution in [2.75, 3.05) is 20.2 Å². The SMILES string of the molecule is COc1cccc(/C=C/C(=O)NCc2cccc(S(=O)(=O)N3CCCCC3)c2)c1OC(F)F. The van der Waals surface area contributed by atoms with E-state index in [0.717, 1.165) is 19.3 Å². The van der Waals surface area contributed by atoms with Crippen molar-refractivity contribution in [3.63, 3.8) is 0 Å². The zero-order valence-electron chi connectivity index (χ0n) is 18.2. The van der Waals surface area contributed by atoms with Crippen LogP contribution in [-0.2, 0) is 21.4 Å². The number of piperidine rings is 1. The molecule has 0 atom stereocenters. The molecule has 2 aromatic rings. The maximum atomic E-state index is 12.8. The number of ether oxygens (including phenoxy) is 2. The lowest BCUT2D eigenvalue weighted by atomic mass is 10.1. The van der Waals surface area contributed by atoms with E-state index in [9.17, 15) is 22.0 Å². The lowest BCUT2D eigenvalue weighted by Gasteiger charge is -2.26. The van der Waals surface area contributed by atoms with Gasteiger partial charge in [-0.15, -0.1) is 0 Å². The Bertz CT molecular complexity index is 1100. The number of methoxy groups -OCH3 is 1. The normalized spacial score (nSPS) is 15.0. The molecule has 0 radical (unpaired) electrons. The highest BCUT2D eigenvalue weighted by atomic mass is 32.2. The number of carbonyl (C=O) groups is 1. The second kappa shape index (κ2) is 11.2. The van der Waals surface area contributed by atoms with Crippen LogP contribution < -0.4 is 14.8 Å². The van der Waals surface area contributed by atoms with Crippen molar-refractivity contribution in [1.29, 1.82) is 0 Å². The van der Waals surface area contributed by atoms with Crippen LogP contribution in [0.15, 0.2) is 53.4 Å². The minimum absolute atomic E-state index is 0.102. The molecule has 10 heteroatoms. The van der Waals surface area contributed by atoms with Gasteiger partial charge in [0.25, 0.3) is 0 Å². The Labute approximate surface area is 192 Å². The van der Waals surface area contributed by atoms with Crippen LogP contribution in [0, 0.1) is 0 Å². The Morgan fingerprint density at radius 1 is 1.15 bits per heavy atom. The average Bonchev–Trinajstić information content (AvgIpc) is 2.82. The fraction of sp³-hybridized carbons (Fsp3) is 0.348. The summed E-state index contributed by atoms with van der Waals surface area (Å²) < 4.78 is 62.2. The number of nitrogens with zero attached hydrogens (tertiary/aromatic N) is 1. The molecule has 0 unspecified atom stereocenters. The third kappa shape index (κ3) is 6.52. The summed E-state index contributed by atoms with van der Waals surface area (Å²) in [5.74, 6) is -0.538. The lowest BCUT2D eigenvalue weighted by Crippen LogP contribution is -2.35. The number of alkyl halides is 2. The van der Waals surface area contributed by atoms with E-state index in [1.807, 2.05) is 0 Å². The van der Waals surface area contributed by atoms with Gasteiger partial charge in [0, 0.05) is 31.3 Å². The molecule has 3 rings (SSSR count). The molecule has 0 bridgehead atoms. The number of halogens is 2. The highest BCUT2D eigenvalue weighted by molar-refractivity contribution is 7.89. The van der Waals surface area contributed by atoms with E-state index in [-0.39, 0.29) is 28.5 Å². The highest BCUT2D eigenvalue weighted by Crippen LogP contribution is 2.33. The second-order valence-electron chi connectivity index (χ2n) is 7.42. The van der Waals surface area contributed by atoms with Crippen LogP contribution in [-0.4, -0.2) is 45.4 Å². The van der Waals surface area contributed by atoms with Crippen LogP contribution in [0.1, 0.15) is 30.4 Å². The number of nitrogens with one attached hydrogen (secondary N) is 1. The zero-order valence-corrected chi connectivity index (χ0v) is 19.0. The first-order chi connectivity index (χ1) is 15.8. The summed E-state index contributed by atoms with van der Waals surface area (Å²) in [4.78, 5) is 12.5. The Hall–Kier alpha value is -2.98. The van der Waals surface area contributed by atoms with Gasteiger partial charge < -0.3 is 14.8 Å². The van der Waals surface area contributed by atoms with E-state index >= 15 is 0 Å². The molecular formula is C23H26F2N2O5S. The number of carbonyl (C=O) groups excluding carboxylic acids is 1. The average molecular weight is 481 g/mol. The summed E-state index contributed by atoms with van der Waals surface area (Å²) >= 11 is 0. The van der Waals surface area contributed by atoms with Gasteiger partial charge in [-0.3, -0.25) is 4.79 Å². The van der Waals surface area contributed by atoms with Gasteiger partial charge >= 0.3 is 6.61 Å². The topological polar surface area (TPSA) is 84.9 Å². The molecular weight excluding hydrogens is 454 g/mol. The van der Waals surface area contributed by atoms with E-state index < -0.39 is 22.5 Å². The zero-order chi connectivity index (χ0) is 23.8. The summed E-state index contributed by atoms with van der Waals surface area (Å²) in [6.45, 7) is -1.92. The maximum absolute atomic E-state index is 12.8. The molecule has 178 valence electrons. The molecule has 0 spiro atoms. The van der Waals surface area contributed by atoms with Crippen LogP contribution in [0.25, 0.3) is 6.08 Å². The van der Waals surface area contributed by atoms with Crippen molar-refractivity contribution < 1.29 is 31.5 Å². The molecule has 33 heavy (non-hydrogen) atoms. The van der Waals surface area contributed by atoms with Gasteiger partial charge in [0.1, 0.15) is 0 Å². The molecule has 1 aliphatic heterocycles. The monoisotopic (exact) mass is 480 g/mol. The van der Waals surface area contributed by atoms with E-state index in [1.165, 1.54) is 35.7 Å². The van der Waals surface area contributed by atoms with Crippen LogP contribution in [0.3, 0.4) is 0 Å². The first kappa shape index (κ1) is 24.7. The summed E-state index contributed by atoms with van der Waals surface area (Å²) in [7, 11) is -2.24. The van der Waals surface area contributed by atoms with Gasteiger partial charge in [0.05, 0.1) is 12.0 Å². The predicted octanol–water partition coefficient (Wildman–Crippen LogP) is 3.80. The molecule has 1 saturated heterocycles. The molecule has 2 aromatic carbocycles. The molecule has 1 aliphatic rings. The van der Waals surface area contributed by atoms with Gasteiger partial charge in [-0.1, -0.05) is 30.7 Å². The number of sulfonamides is 1. The number of hydrogen-bond acceptors (Lipinski definition) is 5. The van der Waals surface area contributed by atoms with E-state index in [0.29, 0.717) is 18.7 Å². The maximum Gasteiger partial charge on any atom is 0.387 e. The summed E-state index contributed by atoms with van der Waals surface area (Å²) in [5.41, 5.74) is 0.873. The number of benzene rings is 2. The van der Waals surface area contributed by atoms with Crippen LogP contribution in [0.2, 0.25) is 0 Å². The van der Waals surface area contributed by atoms with Crippen molar-refractivity contribution in [3.05, 3.63) is 59.7 Å². The van der Waals surface area contributed by atoms with Crippen LogP contribution in [0.4, 0.5) is 8.78 Å². The Morgan fingerprint density at radius 2 is 1.88 bits per heavy atom. The number of para-hydroxylation sites is 1. The van der Waals surface area contributed by atoms with Crippen LogP contribution >= 0.6 is 0 Å².